The Morgan fingerprint density at radius 2 is 1.94 bits per heavy atom. The molecule has 0 aromatic carbocycles. The van der Waals surface area contributed by atoms with Crippen molar-refractivity contribution in [2.45, 2.75) is 53.6 Å². The van der Waals surface area contributed by atoms with Gasteiger partial charge in [-0.3, -0.25) is 9.59 Å². The van der Waals surface area contributed by atoms with Crippen LogP contribution in [0.15, 0.2) is 0 Å². The number of carbonyl (C=O) groups is 2. The summed E-state index contributed by atoms with van der Waals surface area (Å²) in [4.78, 5) is 24.1. The standard InChI is InChI=1S/C14H24O4/c1-7-17-11(15)10-13(4,5)12(16)18-14(10,6)8-9(2)3/h9-10H,7-8H2,1-6H3/t10-,14+/m0/s1. The Kier molecular flexibility index (Phi) is 4.08. The van der Waals surface area contributed by atoms with Crippen LogP contribution in [-0.4, -0.2) is 24.1 Å². The molecular weight excluding hydrogens is 232 g/mol. The largest absolute Gasteiger partial charge is 0.466 e. The summed E-state index contributed by atoms with van der Waals surface area (Å²) in [5, 5.41) is 0. The van der Waals surface area contributed by atoms with Crippen molar-refractivity contribution in [3.8, 4) is 0 Å². The van der Waals surface area contributed by atoms with Gasteiger partial charge < -0.3 is 9.47 Å². The maximum absolute atomic E-state index is 12.1. The summed E-state index contributed by atoms with van der Waals surface area (Å²) < 4.78 is 10.6. The number of hydrogen-bond acceptors (Lipinski definition) is 4. The fraction of sp³-hybridized carbons (Fsp3) is 0.857. The van der Waals surface area contributed by atoms with Crippen LogP contribution in [0.2, 0.25) is 0 Å². The van der Waals surface area contributed by atoms with Gasteiger partial charge in [0.05, 0.1) is 12.0 Å². The van der Waals surface area contributed by atoms with Gasteiger partial charge in [0.15, 0.2) is 0 Å². The topological polar surface area (TPSA) is 52.6 Å². The first-order valence-corrected chi connectivity index (χ1v) is 6.55. The van der Waals surface area contributed by atoms with Crippen LogP contribution in [0.5, 0.6) is 0 Å². The lowest BCUT2D eigenvalue weighted by Crippen LogP contribution is -2.44. The van der Waals surface area contributed by atoms with Crippen molar-refractivity contribution >= 4 is 11.9 Å². The average Bonchev–Trinajstić information content (AvgIpc) is 2.31. The first-order chi connectivity index (χ1) is 8.15. The van der Waals surface area contributed by atoms with E-state index in [1.165, 1.54) is 0 Å². The van der Waals surface area contributed by atoms with E-state index in [1.54, 1.807) is 20.8 Å². The third kappa shape index (κ3) is 2.52. The van der Waals surface area contributed by atoms with Crippen molar-refractivity contribution in [2.75, 3.05) is 6.61 Å². The molecule has 1 fully saturated rings. The summed E-state index contributed by atoms with van der Waals surface area (Å²) in [6.45, 7) is 11.5. The average molecular weight is 256 g/mol. The highest BCUT2D eigenvalue weighted by atomic mass is 16.6. The SMILES string of the molecule is CCOC(=O)[C@H]1C(C)(C)C(=O)O[C@]1(C)CC(C)C. The number of carbonyl (C=O) groups excluding carboxylic acids is 2. The van der Waals surface area contributed by atoms with E-state index in [0.29, 0.717) is 18.9 Å². The Labute approximate surface area is 109 Å². The van der Waals surface area contributed by atoms with Crippen LogP contribution >= 0.6 is 0 Å². The minimum Gasteiger partial charge on any atom is -0.466 e. The molecule has 0 aromatic rings. The second kappa shape index (κ2) is 4.90. The van der Waals surface area contributed by atoms with E-state index in [9.17, 15) is 9.59 Å². The van der Waals surface area contributed by atoms with E-state index in [-0.39, 0.29) is 11.9 Å². The lowest BCUT2D eigenvalue weighted by molar-refractivity contribution is -0.158. The maximum Gasteiger partial charge on any atom is 0.314 e. The molecule has 0 unspecified atom stereocenters. The van der Waals surface area contributed by atoms with E-state index in [0.717, 1.165) is 0 Å². The molecular formula is C14H24O4. The van der Waals surface area contributed by atoms with Gasteiger partial charge in [-0.1, -0.05) is 13.8 Å². The highest BCUT2D eigenvalue weighted by Crippen LogP contribution is 2.49. The van der Waals surface area contributed by atoms with Gasteiger partial charge in [0.25, 0.3) is 0 Å². The summed E-state index contributed by atoms with van der Waals surface area (Å²) in [5.41, 5.74) is -1.59. The molecule has 0 radical (unpaired) electrons. The van der Waals surface area contributed by atoms with Gasteiger partial charge in [0.2, 0.25) is 0 Å². The Bertz CT molecular complexity index is 346. The number of rotatable bonds is 4. The zero-order chi connectivity index (χ0) is 14.1. The van der Waals surface area contributed by atoms with Crippen molar-refractivity contribution in [1.29, 1.82) is 0 Å². The van der Waals surface area contributed by atoms with Crippen LogP contribution in [0.4, 0.5) is 0 Å². The third-order valence-corrected chi connectivity index (χ3v) is 3.52. The van der Waals surface area contributed by atoms with Gasteiger partial charge >= 0.3 is 11.9 Å². The maximum atomic E-state index is 12.1. The van der Waals surface area contributed by atoms with Crippen molar-refractivity contribution < 1.29 is 19.1 Å². The first kappa shape index (κ1) is 15.0. The second-order valence-electron chi connectivity index (χ2n) is 6.21. The number of hydrogen-bond donors (Lipinski definition) is 0. The van der Waals surface area contributed by atoms with Gasteiger partial charge in [-0.05, 0) is 40.0 Å². The Balaban J connectivity index is 3.10. The summed E-state index contributed by atoms with van der Waals surface area (Å²) in [7, 11) is 0. The molecule has 1 aliphatic rings. The lowest BCUT2D eigenvalue weighted by atomic mass is 9.70. The van der Waals surface area contributed by atoms with E-state index in [1.807, 2.05) is 20.8 Å². The molecule has 4 nitrogen and oxygen atoms in total. The van der Waals surface area contributed by atoms with Gasteiger partial charge in [0, 0.05) is 0 Å². The van der Waals surface area contributed by atoms with Crippen LogP contribution < -0.4 is 0 Å². The van der Waals surface area contributed by atoms with E-state index >= 15 is 0 Å². The van der Waals surface area contributed by atoms with E-state index in [2.05, 4.69) is 0 Å². The highest BCUT2D eigenvalue weighted by molar-refractivity contribution is 5.89. The van der Waals surface area contributed by atoms with Crippen LogP contribution in [0, 0.1) is 17.3 Å². The number of ether oxygens (including phenoxy) is 2. The molecule has 4 heteroatoms. The molecule has 0 spiro atoms. The molecule has 0 amide bonds. The van der Waals surface area contributed by atoms with Crippen molar-refractivity contribution in [3.05, 3.63) is 0 Å². The Morgan fingerprint density at radius 3 is 2.39 bits per heavy atom. The van der Waals surface area contributed by atoms with Crippen molar-refractivity contribution in [2.24, 2.45) is 17.3 Å². The van der Waals surface area contributed by atoms with Gasteiger partial charge in [-0.15, -0.1) is 0 Å². The highest BCUT2D eigenvalue weighted by Gasteiger charge is 2.61. The van der Waals surface area contributed by atoms with Crippen LogP contribution in [0.25, 0.3) is 0 Å². The molecule has 18 heavy (non-hydrogen) atoms. The van der Waals surface area contributed by atoms with Crippen LogP contribution in [0.1, 0.15) is 48.0 Å². The zero-order valence-corrected chi connectivity index (χ0v) is 12.2. The molecule has 0 bridgehead atoms. The van der Waals surface area contributed by atoms with Gasteiger partial charge in [-0.25, -0.2) is 0 Å². The quantitative estimate of drug-likeness (QED) is 0.725. The molecule has 1 rings (SSSR count). The monoisotopic (exact) mass is 256 g/mol. The Morgan fingerprint density at radius 1 is 1.39 bits per heavy atom. The normalized spacial score (nSPS) is 30.4. The molecule has 1 heterocycles. The predicted molar refractivity (Wildman–Crippen MR) is 67.9 cm³/mol. The molecule has 0 saturated carbocycles. The summed E-state index contributed by atoms with van der Waals surface area (Å²) in [5.74, 6) is -0.853. The molecule has 2 atom stereocenters. The summed E-state index contributed by atoms with van der Waals surface area (Å²) >= 11 is 0. The molecule has 1 saturated heterocycles. The van der Waals surface area contributed by atoms with Crippen molar-refractivity contribution in [1.82, 2.24) is 0 Å². The summed E-state index contributed by atoms with van der Waals surface area (Å²) in [6, 6.07) is 0. The molecule has 0 aliphatic carbocycles. The summed E-state index contributed by atoms with van der Waals surface area (Å²) in [6.07, 6.45) is 0.658. The number of esters is 2. The fourth-order valence-corrected chi connectivity index (χ4v) is 3.02. The second-order valence-corrected chi connectivity index (χ2v) is 6.21. The minimum atomic E-state index is -0.824. The van der Waals surface area contributed by atoms with E-state index in [4.69, 9.17) is 9.47 Å². The fourth-order valence-electron chi connectivity index (χ4n) is 3.02. The molecule has 1 aliphatic heterocycles. The smallest absolute Gasteiger partial charge is 0.314 e. The van der Waals surface area contributed by atoms with Gasteiger partial charge in [0.1, 0.15) is 11.5 Å². The van der Waals surface area contributed by atoms with Crippen molar-refractivity contribution in [3.63, 3.8) is 0 Å². The molecule has 0 N–H and O–H groups in total. The van der Waals surface area contributed by atoms with Crippen LogP contribution in [0.3, 0.4) is 0 Å². The minimum absolute atomic E-state index is 0.316. The predicted octanol–water partition coefficient (Wildman–Crippen LogP) is 2.55. The zero-order valence-electron chi connectivity index (χ0n) is 12.2. The number of cyclic esters (lactones) is 1. The first-order valence-electron chi connectivity index (χ1n) is 6.55. The Hall–Kier alpha value is -1.06. The van der Waals surface area contributed by atoms with Crippen LogP contribution in [-0.2, 0) is 19.1 Å². The van der Waals surface area contributed by atoms with E-state index < -0.39 is 16.9 Å². The lowest BCUT2D eigenvalue weighted by Gasteiger charge is -2.32. The third-order valence-electron chi connectivity index (χ3n) is 3.52. The molecule has 0 aromatic heterocycles. The molecule has 104 valence electrons. The van der Waals surface area contributed by atoms with Gasteiger partial charge in [-0.2, -0.15) is 0 Å².